The molecule has 0 heterocycles. The molecule has 0 saturated heterocycles. The van der Waals surface area contributed by atoms with Crippen LogP contribution in [0.25, 0.3) is 32.3 Å². The Hall–Kier alpha value is -5.86. The van der Waals surface area contributed by atoms with Crippen LogP contribution in [0.2, 0.25) is 0 Å². The molecule has 0 aliphatic heterocycles. The summed E-state index contributed by atoms with van der Waals surface area (Å²) in [7, 11) is 0. The van der Waals surface area contributed by atoms with Gasteiger partial charge in [0, 0.05) is 33.8 Å². The molecule has 0 saturated carbocycles. The number of benzene rings is 8. The van der Waals surface area contributed by atoms with Crippen LogP contribution in [0, 0.1) is 0 Å². The van der Waals surface area contributed by atoms with Crippen LogP contribution in [0.5, 0.6) is 0 Å². The van der Waals surface area contributed by atoms with Crippen molar-refractivity contribution in [3.8, 4) is 0 Å². The molecule has 2 heteroatoms. The third-order valence-corrected chi connectivity index (χ3v) is 8.39. The average molecular weight is 563 g/mol. The van der Waals surface area contributed by atoms with Gasteiger partial charge in [0.2, 0.25) is 0 Å². The second-order valence-electron chi connectivity index (χ2n) is 11.0. The van der Waals surface area contributed by atoms with Gasteiger partial charge in [-0.05, 0) is 93.7 Å². The number of hydrogen-bond donors (Lipinski definition) is 0. The molecule has 8 aromatic rings. The molecule has 8 aromatic carbocycles. The molecule has 0 atom stereocenters. The summed E-state index contributed by atoms with van der Waals surface area (Å²) in [4.78, 5) is 4.67. The fourth-order valence-electron chi connectivity index (χ4n) is 6.40. The minimum Gasteiger partial charge on any atom is -0.310 e. The zero-order valence-corrected chi connectivity index (χ0v) is 24.2. The third kappa shape index (κ3) is 4.54. The summed E-state index contributed by atoms with van der Waals surface area (Å²) in [5.41, 5.74) is 6.85. The van der Waals surface area contributed by atoms with Crippen LogP contribution in [-0.2, 0) is 0 Å². The standard InChI is InChI=1S/C42H30N2/c1-5-14-32(15-6-1)43(33-16-7-2-8-17-33)36-25-27-37-31(30-36)24-26-40-38-22-13-23-42(41(38)29-28-39(37)40)44(34-18-9-3-10-19-34)35-20-11-4-12-21-35/h1-30H. The predicted octanol–water partition coefficient (Wildman–Crippen LogP) is 12.1. The van der Waals surface area contributed by atoms with Crippen molar-refractivity contribution in [2.24, 2.45) is 0 Å². The van der Waals surface area contributed by atoms with E-state index in [0.29, 0.717) is 0 Å². The van der Waals surface area contributed by atoms with Crippen molar-refractivity contribution >= 4 is 66.4 Å². The third-order valence-electron chi connectivity index (χ3n) is 8.39. The lowest BCUT2D eigenvalue weighted by Crippen LogP contribution is -2.10. The van der Waals surface area contributed by atoms with Crippen molar-refractivity contribution < 1.29 is 0 Å². The molecular formula is C42H30N2. The highest BCUT2D eigenvalue weighted by Crippen LogP contribution is 2.42. The first kappa shape index (κ1) is 25.8. The van der Waals surface area contributed by atoms with E-state index in [2.05, 4.69) is 192 Å². The van der Waals surface area contributed by atoms with Crippen molar-refractivity contribution in [3.63, 3.8) is 0 Å². The fourth-order valence-corrected chi connectivity index (χ4v) is 6.40. The molecule has 44 heavy (non-hydrogen) atoms. The van der Waals surface area contributed by atoms with Crippen LogP contribution in [0.4, 0.5) is 34.1 Å². The van der Waals surface area contributed by atoms with Gasteiger partial charge in [0.25, 0.3) is 0 Å². The average Bonchev–Trinajstić information content (AvgIpc) is 3.10. The van der Waals surface area contributed by atoms with E-state index in [1.54, 1.807) is 0 Å². The van der Waals surface area contributed by atoms with Gasteiger partial charge in [-0.2, -0.15) is 0 Å². The number of rotatable bonds is 6. The van der Waals surface area contributed by atoms with Crippen LogP contribution in [-0.4, -0.2) is 0 Å². The smallest absolute Gasteiger partial charge is 0.0540 e. The van der Waals surface area contributed by atoms with Crippen molar-refractivity contribution in [2.75, 3.05) is 9.80 Å². The van der Waals surface area contributed by atoms with Crippen molar-refractivity contribution in [3.05, 3.63) is 182 Å². The summed E-state index contributed by atoms with van der Waals surface area (Å²) in [5, 5.41) is 7.46. The summed E-state index contributed by atoms with van der Waals surface area (Å²) in [6, 6.07) is 65.0. The molecule has 0 bridgehead atoms. The van der Waals surface area contributed by atoms with Gasteiger partial charge in [-0.15, -0.1) is 0 Å². The summed E-state index contributed by atoms with van der Waals surface area (Å²) in [5.74, 6) is 0. The molecule has 0 aliphatic rings. The van der Waals surface area contributed by atoms with Gasteiger partial charge >= 0.3 is 0 Å². The first-order valence-corrected chi connectivity index (χ1v) is 15.0. The van der Waals surface area contributed by atoms with Crippen LogP contribution in [0.1, 0.15) is 0 Å². The summed E-state index contributed by atoms with van der Waals surface area (Å²) >= 11 is 0. The lowest BCUT2D eigenvalue weighted by atomic mass is 9.95. The molecule has 0 unspecified atom stereocenters. The van der Waals surface area contributed by atoms with Crippen LogP contribution < -0.4 is 9.80 Å². The SMILES string of the molecule is c1ccc(N(c2ccccc2)c2ccc3c(ccc4c5cccc(N(c6ccccc6)c6ccccc6)c5ccc34)c2)cc1. The van der Waals surface area contributed by atoms with Gasteiger partial charge in [-0.1, -0.05) is 115 Å². The fraction of sp³-hybridized carbons (Fsp3) is 0. The molecule has 2 nitrogen and oxygen atoms in total. The van der Waals surface area contributed by atoms with E-state index in [1.165, 1.54) is 38.0 Å². The van der Waals surface area contributed by atoms with E-state index in [1.807, 2.05) is 0 Å². The Bertz CT molecular complexity index is 2130. The van der Waals surface area contributed by atoms with E-state index in [0.717, 1.165) is 28.4 Å². The van der Waals surface area contributed by atoms with Gasteiger partial charge in [-0.25, -0.2) is 0 Å². The van der Waals surface area contributed by atoms with E-state index >= 15 is 0 Å². The first-order chi connectivity index (χ1) is 21.8. The number of para-hydroxylation sites is 4. The highest BCUT2D eigenvalue weighted by Gasteiger charge is 2.17. The zero-order valence-electron chi connectivity index (χ0n) is 24.2. The number of nitrogens with zero attached hydrogens (tertiary/aromatic N) is 2. The highest BCUT2D eigenvalue weighted by atomic mass is 15.1. The Morgan fingerprint density at radius 2 is 0.682 bits per heavy atom. The summed E-state index contributed by atoms with van der Waals surface area (Å²) in [6.07, 6.45) is 0. The van der Waals surface area contributed by atoms with E-state index in [4.69, 9.17) is 0 Å². The lowest BCUT2D eigenvalue weighted by molar-refractivity contribution is 1.29. The van der Waals surface area contributed by atoms with Crippen LogP contribution >= 0.6 is 0 Å². The molecule has 0 spiro atoms. The number of anilines is 6. The molecule has 0 amide bonds. The first-order valence-electron chi connectivity index (χ1n) is 15.0. The molecule has 0 aliphatic carbocycles. The van der Waals surface area contributed by atoms with Gasteiger partial charge in [0.1, 0.15) is 0 Å². The summed E-state index contributed by atoms with van der Waals surface area (Å²) in [6.45, 7) is 0. The minimum atomic E-state index is 1.14. The number of fused-ring (bicyclic) bond motifs is 5. The van der Waals surface area contributed by atoms with Crippen LogP contribution in [0.15, 0.2) is 182 Å². The van der Waals surface area contributed by atoms with Gasteiger partial charge in [0.05, 0.1) is 5.69 Å². The monoisotopic (exact) mass is 562 g/mol. The van der Waals surface area contributed by atoms with Crippen molar-refractivity contribution in [1.82, 2.24) is 0 Å². The van der Waals surface area contributed by atoms with Gasteiger partial charge in [-0.3, -0.25) is 0 Å². The zero-order chi connectivity index (χ0) is 29.3. The molecule has 0 N–H and O–H groups in total. The van der Waals surface area contributed by atoms with Gasteiger partial charge < -0.3 is 9.80 Å². The maximum Gasteiger partial charge on any atom is 0.0540 e. The second kappa shape index (κ2) is 11.1. The topological polar surface area (TPSA) is 6.48 Å². The van der Waals surface area contributed by atoms with Crippen molar-refractivity contribution in [1.29, 1.82) is 0 Å². The Balaban J connectivity index is 1.29. The Kier molecular flexibility index (Phi) is 6.51. The highest BCUT2D eigenvalue weighted by molar-refractivity contribution is 6.20. The minimum absolute atomic E-state index is 1.14. The predicted molar refractivity (Wildman–Crippen MR) is 188 cm³/mol. The molecule has 0 aromatic heterocycles. The van der Waals surface area contributed by atoms with E-state index in [9.17, 15) is 0 Å². The maximum absolute atomic E-state index is 2.35. The molecule has 208 valence electrons. The van der Waals surface area contributed by atoms with Gasteiger partial charge in [0.15, 0.2) is 0 Å². The molecule has 0 radical (unpaired) electrons. The Morgan fingerprint density at radius 3 is 1.25 bits per heavy atom. The second-order valence-corrected chi connectivity index (χ2v) is 11.0. The Morgan fingerprint density at radius 1 is 0.250 bits per heavy atom. The lowest BCUT2D eigenvalue weighted by Gasteiger charge is -2.27. The molecule has 8 rings (SSSR count). The van der Waals surface area contributed by atoms with Crippen LogP contribution in [0.3, 0.4) is 0 Å². The van der Waals surface area contributed by atoms with E-state index < -0.39 is 0 Å². The van der Waals surface area contributed by atoms with E-state index in [-0.39, 0.29) is 0 Å². The van der Waals surface area contributed by atoms with Crippen molar-refractivity contribution in [2.45, 2.75) is 0 Å². The molecular weight excluding hydrogens is 532 g/mol. The summed E-state index contributed by atoms with van der Waals surface area (Å²) < 4.78 is 0. The Labute approximate surface area is 257 Å². The largest absolute Gasteiger partial charge is 0.310 e. The quantitative estimate of drug-likeness (QED) is 0.186. The normalized spacial score (nSPS) is 11.2. The molecule has 0 fully saturated rings. The maximum atomic E-state index is 2.35. The number of hydrogen-bond acceptors (Lipinski definition) is 2.